The van der Waals surface area contributed by atoms with Gasteiger partial charge in [0.15, 0.2) is 22.7 Å². The molecular weight excluding hydrogens is 424 g/mol. The summed E-state index contributed by atoms with van der Waals surface area (Å²) in [5.74, 6) is -0.965. The first-order valence-electron chi connectivity index (χ1n) is 10.0. The van der Waals surface area contributed by atoms with E-state index in [2.05, 4.69) is 52.4 Å². The third kappa shape index (κ3) is 15.7. The van der Waals surface area contributed by atoms with Crippen LogP contribution in [0.3, 0.4) is 0 Å². The molecule has 0 amide bonds. The molecule has 0 aromatic carbocycles. The predicted molar refractivity (Wildman–Crippen MR) is 122 cm³/mol. The molecule has 0 aliphatic rings. The van der Waals surface area contributed by atoms with Crippen molar-refractivity contribution in [2.75, 3.05) is 19.8 Å². The maximum absolute atomic E-state index is 11.7. The van der Waals surface area contributed by atoms with E-state index in [1.54, 1.807) is 6.92 Å². The fourth-order valence-electron chi connectivity index (χ4n) is 2.71. The molecule has 1 atom stereocenters. The van der Waals surface area contributed by atoms with E-state index in [1.165, 1.54) is 6.92 Å². The number of rotatable bonds is 14. The third-order valence-electron chi connectivity index (χ3n) is 3.36. The molecule has 0 aliphatic carbocycles. The molecule has 0 spiro atoms. The molecule has 29 heavy (non-hydrogen) atoms. The van der Waals surface area contributed by atoms with Crippen molar-refractivity contribution < 1.29 is 32.0 Å². The summed E-state index contributed by atoms with van der Waals surface area (Å²) in [7, 11) is -5.74. The van der Waals surface area contributed by atoms with Crippen LogP contribution in [0.5, 0.6) is 0 Å². The van der Waals surface area contributed by atoms with Crippen LogP contribution in [0.25, 0.3) is 0 Å². The predicted octanol–water partition coefficient (Wildman–Crippen LogP) is 4.22. The largest absolute Gasteiger partial charge is 0.462 e. The van der Waals surface area contributed by atoms with E-state index in [0.717, 1.165) is 12.5 Å². The van der Waals surface area contributed by atoms with Crippen molar-refractivity contribution >= 4 is 37.1 Å². The van der Waals surface area contributed by atoms with E-state index < -0.39 is 43.2 Å². The Morgan fingerprint density at radius 3 is 1.83 bits per heavy atom. The van der Waals surface area contributed by atoms with Gasteiger partial charge >= 0.3 is 20.5 Å². The lowest BCUT2D eigenvalue weighted by Crippen LogP contribution is -2.52. The molecule has 0 aliphatic heterocycles. The number of hydrogen-bond acceptors (Lipinski definition) is 7. The van der Waals surface area contributed by atoms with Gasteiger partial charge in [-0.3, -0.25) is 4.79 Å². The molecule has 0 rings (SSSR count). The van der Waals surface area contributed by atoms with Gasteiger partial charge in [-0.15, -0.1) is 0 Å². The van der Waals surface area contributed by atoms with Gasteiger partial charge in [0.1, 0.15) is 6.61 Å². The molecule has 0 aromatic rings. The summed E-state index contributed by atoms with van der Waals surface area (Å²) in [6, 6.07) is 0.835. The topological polar surface area (TPSA) is 80.3 Å². The second-order valence-corrected chi connectivity index (χ2v) is 22.2. The van der Waals surface area contributed by atoms with Crippen molar-refractivity contribution in [2.45, 2.75) is 78.2 Å². The average Bonchev–Trinajstić information content (AvgIpc) is 2.47. The van der Waals surface area contributed by atoms with E-state index >= 15 is 0 Å². The van der Waals surface area contributed by atoms with Crippen LogP contribution < -0.4 is 0 Å². The Labute approximate surface area is 179 Å². The quantitative estimate of drug-likeness (QED) is 0.165. The fourth-order valence-corrected chi connectivity index (χ4v) is 15.2. The summed E-state index contributed by atoms with van der Waals surface area (Å²) in [4.78, 5) is 22.8. The van der Waals surface area contributed by atoms with Crippen LogP contribution >= 0.6 is 0 Å². The average molecular weight is 465 g/mol. The minimum absolute atomic E-state index is 0.0434. The zero-order valence-corrected chi connectivity index (χ0v) is 22.7. The monoisotopic (exact) mass is 464 g/mol. The molecule has 0 saturated heterocycles. The summed E-state index contributed by atoms with van der Waals surface area (Å²) < 4.78 is 28.9. The summed E-state index contributed by atoms with van der Waals surface area (Å²) in [6.07, 6.45) is 0.120. The summed E-state index contributed by atoms with van der Waals surface area (Å²) >= 11 is 0. The summed E-state index contributed by atoms with van der Waals surface area (Å²) in [5, 5.41) is 0. The molecule has 170 valence electrons. The first-order valence-corrected chi connectivity index (χ1v) is 19.3. The molecule has 0 aromatic heterocycles. The van der Waals surface area contributed by atoms with Crippen LogP contribution in [0.4, 0.5) is 0 Å². The zero-order valence-electron chi connectivity index (χ0n) is 19.7. The molecule has 10 heteroatoms. The van der Waals surface area contributed by atoms with Gasteiger partial charge in [-0.25, -0.2) is 4.79 Å². The zero-order chi connectivity index (χ0) is 22.9. The minimum Gasteiger partial charge on any atom is -0.462 e. The highest BCUT2D eigenvalue weighted by molar-refractivity contribution is 6.87. The standard InChI is InChI=1S/C19H40O7Si3/c1-16(2)19(21)24-18(15-23-17(3)20)14-22-12-11-13-29(10,25-27(4,5)6)26-28(7,8)9/h18H,1,11-15H2,2-10H3. The van der Waals surface area contributed by atoms with Gasteiger partial charge in [-0.05, 0) is 65.2 Å². The third-order valence-corrected chi connectivity index (χ3v) is 13.0. The Balaban J connectivity index is 4.66. The number of hydrogen-bond donors (Lipinski definition) is 0. The highest BCUT2D eigenvalue weighted by Gasteiger charge is 2.39. The van der Waals surface area contributed by atoms with Gasteiger partial charge in [-0.2, -0.15) is 0 Å². The van der Waals surface area contributed by atoms with E-state index in [1.807, 2.05) is 0 Å². The Morgan fingerprint density at radius 1 is 0.897 bits per heavy atom. The summed E-state index contributed by atoms with van der Waals surface area (Å²) in [5.41, 5.74) is 0.284. The fraction of sp³-hybridized carbons (Fsp3) is 0.789. The van der Waals surface area contributed by atoms with Crippen LogP contribution in [-0.2, 0) is 32.0 Å². The van der Waals surface area contributed by atoms with Crippen molar-refractivity contribution in [3.8, 4) is 0 Å². The lowest BCUT2D eigenvalue weighted by atomic mass is 10.3. The molecule has 0 bridgehead atoms. The molecule has 7 nitrogen and oxygen atoms in total. The Morgan fingerprint density at radius 2 is 1.41 bits per heavy atom. The Bertz CT molecular complexity index is 537. The molecule has 0 N–H and O–H groups in total. The van der Waals surface area contributed by atoms with Gasteiger partial charge < -0.3 is 22.4 Å². The van der Waals surface area contributed by atoms with E-state index in [0.29, 0.717) is 6.61 Å². The van der Waals surface area contributed by atoms with Gasteiger partial charge in [0, 0.05) is 19.1 Å². The molecule has 0 radical (unpaired) electrons. The SMILES string of the molecule is C=C(C)C(=O)OC(COCCC[Si](C)(O[Si](C)(C)C)O[Si](C)(C)C)COC(C)=O. The Hall–Kier alpha value is -0.789. The van der Waals surface area contributed by atoms with E-state index in [-0.39, 0.29) is 18.8 Å². The van der Waals surface area contributed by atoms with Crippen LogP contribution in [0.2, 0.25) is 51.9 Å². The van der Waals surface area contributed by atoms with Crippen molar-refractivity contribution in [2.24, 2.45) is 0 Å². The van der Waals surface area contributed by atoms with Crippen LogP contribution in [0.1, 0.15) is 20.3 Å². The van der Waals surface area contributed by atoms with Crippen molar-refractivity contribution in [3.05, 3.63) is 12.2 Å². The van der Waals surface area contributed by atoms with Gasteiger partial charge in [0.2, 0.25) is 0 Å². The number of ether oxygens (including phenoxy) is 3. The molecule has 1 unspecified atom stereocenters. The molecule has 0 saturated carbocycles. The first kappa shape index (κ1) is 28.2. The maximum Gasteiger partial charge on any atom is 0.333 e. The van der Waals surface area contributed by atoms with Gasteiger partial charge in [-0.1, -0.05) is 6.58 Å². The van der Waals surface area contributed by atoms with E-state index in [9.17, 15) is 9.59 Å². The lowest BCUT2D eigenvalue weighted by molar-refractivity contribution is -0.158. The van der Waals surface area contributed by atoms with Crippen LogP contribution in [0, 0.1) is 0 Å². The second-order valence-electron chi connectivity index (χ2n) is 9.35. The molecule has 0 fully saturated rings. The van der Waals surface area contributed by atoms with Crippen LogP contribution in [0.15, 0.2) is 12.2 Å². The summed E-state index contributed by atoms with van der Waals surface area (Å²) in [6.45, 7) is 22.2. The molecular formula is C19H40O7Si3. The van der Waals surface area contributed by atoms with Crippen molar-refractivity contribution in [1.82, 2.24) is 0 Å². The highest BCUT2D eigenvalue weighted by atomic mass is 28.5. The highest BCUT2D eigenvalue weighted by Crippen LogP contribution is 2.25. The number of carbonyl (C=O) groups is 2. The lowest BCUT2D eigenvalue weighted by Gasteiger charge is -2.38. The maximum atomic E-state index is 11.7. The number of esters is 2. The van der Waals surface area contributed by atoms with Crippen molar-refractivity contribution in [1.29, 1.82) is 0 Å². The minimum atomic E-state index is -2.29. The van der Waals surface area contributed by atoms with Crippen molar-refractivity contribution in [3.63, 3.8) is 0 Å². The van der Waals surface area contributed by atoms with E-state index in [4.69, 9.17) is 22.4 Å². The van der Waals surface area contributed by atoms with Crippen LogP contribution in [-0.4, -0.2) is 63.1 Å². The Kier molecular flexibility index (Phi) is 11.8. The normalized spacial score (nSPS) is 13.7. The smallest absolute Gasteiger partial charge is 0.333 e. The number of carbonyl (C=O) groups excluding carboxylic acids is 2. The second kappa shape index (κ2) is 12.2. The van der Waals surface area contributed by atoms with Gasteiger partial charge in [0.05, 0.1) is 6.61 Å². The first-order chi connectivity index (χ1) is 13.0. The van der Waals surface area contributed by atoms with Gasteiger partial charge in [0.25, 0.3) is 0 Å². The molecule has 0 heterocycles.